The summed E-state index contributed by atoms with van der Waals surface area (Å²) in [5, 5.41) is 0.774. The maximum atomic E-state index is 5.87. The third kappa shape index (κ3) is 13.0. The van der Waals surface area contributed by atoms with Crippen LogP contribution in [0, 0.1) is 0 Å². The number of ether oxygens (including phenoxy) is 1. The van der Waals surface area contributed by atoms with Crippen LogP contribution < -0.4 is 0 Å². The third-order valence-corrected chi connectivity index (χ3v) is 6.68. The zero-order chi connectivity index (χ0) is 24.0. The fourth-order valence-electron chi connectivity index (χ4n) is 3.97. The lowest BCUT2D eigenvalue weighted by molar-refractivity contribution is 0.292. The van der Waals surface area contributed by atoms with Crippen molar-refractivity contribution in [1.29, 1.82) is 0 Å². The smallest absolute Gasteiger partial charge is 0.159 e. The average molecular weight is 461 g/mol. The Balaban J connectivity index is 2.26. The molecule has 1 nitrogen and oxygen atoms in total. The molecule has 0 bridgehead atoms. The van der Waals surface area contributed by atoms with E-state index in [1.165, 1.54) is 80.9 Å². The summed E-state index contributed by atoms with van der Waals surface area (Å²) in [5.41, 5.74) is 4.51. The maximum Gasteiger partial charge on any atom is 0.159 e. The molecule has 0 N–H and O–H groups in total. The number of benzene rings is 1. The number of hydrogen-bond donors (Lipinski definition) is 0. The minimum absolute atomic E-state index is 0.155. The largest absolute Gasteiger partial charge is 0.487 e. The summed E-state index contributed by atoms with van der Waals surface area (Å²) in [6.07, 6.45) is 16.7. The minimum atomic E-state index is 0.155. The molecular formula is C30H52OS. The Morgan fingerprint density at radius 3 is 1.56 bits per heavy atom. The Kier molecular flexibility index (Phi) is 13.7. The Morgan fingerprint density at radius 2 is 1.12 bits per heavy atom. The van der Waals surface area contributed by atoms with E-state index >= 15 is 0 Å². The van der Waals surface area contributed by atoms with Crippen molar-refractivity contribution in [3.05, 3.63) is 34.9 Å². The predicted molar refractivity (Wildman–Crippen MR) is 147 cm³/mol. The molecule has 0 saturated carbocycles. The zero-order valence-electron chi connectivity index (χ0n) is 22.4. The Bertz CT molecular complexity index is 616. The van der Waals surface area contributed by atoms with Crippen molar-refractivity contribution >= 4 is 17.3 Å². The molecule has 0 atom stereocenters. The van der Waals surface area contributed by atoms with Crippen LogP contribution in [-0.4, -0.2) is 11.7 Å². The van der Waals surface area contributed by atoms with Gasteiger partial charge in [0.1, 0.15) is 0 Å². The van der Waals surface area contributed by atoms with E-state index in [2.05, 4.69) is 66.7 Å². The first kappa shape index (κ1) is 29.1. The molecule has 0 saturated heterocycles. The van der Waals surface area contributed by atoms with Gasteiger partial charge in [-0.15, -0.1) is 0 Å². The van der Waals surface area contributed by atoms with Crippen molar-refractivity contribution in [2.45, 2.75) is 143 Å². The number of aryl methyl sites for hydroxylation is 1. The summed E-state index contributed by atoms with van der Waals surface area (Å²) in [6, 6.07) is 7.11. The average Bonchev–Trinajstić information content (AvgIpc) is 2.71. The highest BCUT2D eigenvalue weighted by Crippen LogP contribution is 2.30. The molecule has 1 rings (SSSR count). The number of rotatable bonds is 15. The molecule has 0 heterocycles. The van der Waals surface area contributed by atoms with Gasteiger partial charge in [-0.05, 0) is 52.6 Å². The van der Waals surface area contributed by atoms with Gasteiger partial charge in [0.05, 0.1) is 6.61 Å². The molecule has 1 aromatic rings. The van der Waals surface area contributed by atoms with Crippen LogP contribution in [0.25, 0.3) is 0 Å². The van der Waals surface area contributed by atoms with Crippen LogP contribution in [0.15, 0.2) is 18.2 Å². The highest BCUT2D eigenvalue weighted by molar-refractivity contribution is 7.80. The second-order valence-electron chi connectivity index (χ2n) is 11.7. The standard InChI is InChI=1S/C30H52OS/c1-8-9-10-11-12-13-14-15-16-17-18-21-31-28(32)20-19-25-22-26(29(2,3)4)24-27(23-25)30(5,6)7/h22-24H,8-21H2,1-7H3. The molecule has 184 valence electrons. The predicted octanol–water partition coefficient (Wildman–Crippen LogP) is 9.87. The second kappa shape index (κ2) is 15.1. The van der Waals surface area contributed by atoms with Crippen LogP contribution in [-0.2, 0) is 22.0 Å². The SMILES string of the molecule is CCCCCCCCCCCCCOC(=S)CCc1cc(C(C)(C)C)cc(C(C)(C)C)c1. The number of unbranched alkanes of at least 4 members (excludes halogenated alkanes) is 10. The van der Waals surface area contributed by atoms with Gasteiger partial charge in [0.2, 0.25) is 0 Å². The van der Waals surface area contributed by atoms with Gasteiger partial charge in [-0.3, -0.25) is 0 Å². The van der Waals surface area contributed by atoms with Gasteiger partial charge in [0.15, 0.2) is 5.05 Å². The molecule has 32 heavy (non-hydrogen) atoms. The summed E-state index contributed by atoms with van der Waals surface area (Å²) in [7, 11) is 0. The fourth-order valence-corrected chi connectivity index (χ4v) is 4.16. The lowest BCUT2D eigenvalue weighted by Gasteiger charge is -2.26. The normalized spacial score (nSPS) is 12.2. The van der Waals surface area contributed by atoms with Crippen molar-refractivity contribution in [2.24, 2.45) is 0 Å². The topological polar surface area (TPSA) is 9.23 Å². The van der Waals surface area contributed by atoms with E-state index in [1.807, 2.05) is 0 Å². The van der Waals surface area contributed by atoms with E-state index in [4.69, 9.17) is 17.0 Å². The minimum Gasteiger partial charge on any atom is -0.487 e. The molecule has 1 aromatic carbocycles. The Labute approximate surface area is 206 Å². The molecule has 2 heteroatoms. The van der Waals surface area contributed by atoms with Gasteiger partial charge in [0.25, 0.3) is 0 Å². The lowest BCUT2D eigenvalue weighted by Crippen LogP contribution is -2.17. The van der Waals surface area contributed by atoms with Crippen LogP contribution in [0.4, 0.5) is 0 Å². The first-order valence-corrected chi connectivity index (χ1v) is 13.8. The van der Waals surface area contributed by atoms with E-state index in [0.29, 0.717) is 0 Å². The number of hydrogen-bond acceptors (Lipinski definition) is 2. The van der Waals surface area contributed by atoms with Crippen LogP contribution in [0.2, 0.25) is 0 Å². The van der Waals surface area contributed by atoms with Gasteiger partial charge < -0.3 is 4.74 Å². The summed E-state index contributed by atoms with van der Waals surface area (Å²) in [4.78, 5) is 0. The number of thiocarbonyl (C=S) groups is 1. The summed E-state index contributed by atoms with van der Waals surface area (Å²) < 4.78 is 5.87. The van der Waals surface area contributed by atoms with Gasteiger partial charge in [-0.1, -0.05) is 131 Å². The molecule has 0 aliphatic carbocycles. The zero-order valence-corrected chi connectivity index (χ0v) is 23.3. The first-order valence-electron chi connectivity index (χ1n) is 13.3. The van der Waals surface area contributed by atoms with Crippen LogP contribution in [0.3, 0.4) is 0 Å². The summed E-state index contributed by atoms with van der Waals surface area (Å²) in [5.74, 6) is 0. The molecule has 0 aliphatic rings. The molecular weight excluding hydrogens is 408 g/mol. The first-order chi connectivity index (χ1) is 15.0. The molecule has 0 aromatic heterocycles. The molecule has 0 spiro atoms. The summed E-state index contributed by atoms with van der Waals surface area (Å²) >= 11 is 5.52. The van der Waals surface area contributed by atoms with E-state index < -0.39 is 0 Å². The van der Waals surface area contributed by atoms with Crippen molar-refractivity contribution in [1.82, 2.24) is 0 Å². The third-order valence-electron chi connectivity index (χ3n) is 6.35. The van der Waals surface area contributed by atoms with Crippen LogP contribution >= 0.6 is 12.2 Å². The maximum absolute atomic E-state index is 5.87. The lowest BCUT2D eigenvalue weighted by atomic mass is 9.79. The van der Waals surface area contributed by atoms with E-state index in [9.17, 15) is 0 Å². The van der Waals surface area contributed by atoms with Gasteiger partial charge >= 0.3 is 0 Å². The molecule has 0 fully saturated rings. The Morgan fingerprint density at radius 1 is 0.688 bits per heavy atom. The van der Waals surface area contributed by atoms with Gasteiger partial charge in [-0.2, -0.15) is 0 Å². The summed E-state index contributed by atoms with van der Waals surface area (Å²) in [6.45, 7) is 16.8. The van der Waals surface area contributed by atoms with E-state index in [1.54, 1.807) is 0 Å². The highest BCUT2D eigenvalue weighted by Gasteiger charge is 2.20. The van der Waals surface area contributed by atoms with Gasteiger partial charge in [0, 0.05) is 6.42 Å². The molecule has 0 aliphatic heterocycles. The fraction of sp³-hybridized carbons (Fsp3) is 0.767. The van der Waals surface area contributed by atoms with Crippen molar-refractivity contribution in [2.75, 3.05) is 6.61 Å². The molecule has 0 radical (unpaired) electrons. The molecule has 0 unspecified atom stereocenters. The van der Waals surface area contributed by atoms with Crippen molar-refractivity contribution in [3.8, 4) is 0 Å². The molecule has 0 amide bonds. The van der Waals surface area contributed by atoms with Crippen LogP contribution in [0.1, 0.15) is 142 Å². The Hall–Kier alpha value is -0.890. The van der Waals surface area contributed by atoms with Crippen LogP contribution in [0.5, 0.6) is 0 Å². The monoisotopic (exact) mass is 460 g/mol. The quantitative estimate of drug-likeness (QED) is 0.190. The van der Waals surface area contributed by atoms with E-state index in [-0.39, 0.29) is 10.8 Å². The second-order valence-corrected chi connectivity index (χ2v) is 12.1. The van der Waals surface area contributed by atoms with E-state index in [0.717, 1.165) is 30.9 Å². The van der Waals surface area contributed by atoms with Crippen molar-refractivity contribution in [3.63, 3.8) is 0 Å². The highest BCUT2D eigenvalue weighted by atomic mass is 32.1. The van der Waals surface area contributed by atoms with Gasteiger partial charge in [-0.25, -0.2) is 0 Å². The van der Waals surface area contributed by atoms with Crippen molar-refractivity contribution < 1.29 is 4.74 Å².